The summed E-state index contributed by atoms with van der Waals surface area (Å²) < 4.78 is 6.04. The van der Waals surface area contributed by atoms with Gasteiger partial charge in [-0.15, -0.1) is 0 Å². The molecule has 1 aromatic rings. The lowest BCUT2D eigenvalue weighted by Gasteiger charge is -2.29. The van der Waals surface area contributed by atoms with E-state index in [4.69, 9.17) is 4.74 Å². The molecule has 0 aromatic heterocycles. The molecule has 19 heavy (non-hydrogen) atoms. The van der Waals surface area contributed by atoms with Crippen LogP contribution in [-0.4, -0.2) is 24.8 Å². The largest absolute Gasteiger partial charge is 0.375 e. The lowest BCUT2D eigenvalue weighted by Crippen LogP contribution is -2.42. The molecule has 2 nitrogen and oxygen atoms in total. The highest BCUT2D eigenvalue weighted by atomic mass is 16.5. The molecule has 1 N–H and O–H groups in total. The van der Waals surface area contributed by atoms with E-state index in [0.717, 1.165) is 13.0 Å². The van der Waals surface area contributed by atoms with Crippen molar-refractivity contribution in [1.82, 2.24) is 5.32 Å². The van der Waals surface area contributed by atoms with E-state index in [1.807, 2.05) is 0 Å². The molecular formula is C17H25NO. The second-order valence-electron chi connectivity index (χ2n) is 6.07. The summed E-state index contributed by atoms with van der Waals surface area (Å²) in [6.45, 7) is 5.47. The van der Waals surface area contributed by atoms with Crippen LogP contribution < -0.4 is 5.32 Å². The Hall–Kier alpha value is -0.860. The van der Waals surface area contributed by atoms with Gasteiger partial charge in [-0.2, -0.15) is 0 Å². The molecule has 2 heteroatoms. The molecular weight excluding hydrogens is 234 g/mol. The molecule has 1 aromatic carbocycles. The van der Waals surface area contributed by atoms with Crippen LogP contribution in [0.25, 0.3) is 0 Å². The summed E-state index contributed by atoms with van der Waals surface area (Å²) in [4.78, 5) is 0. The topological polar surface area (TPSA) is 21.3 Å². The number of ether oxygens (including phenoxy) is 1. The van der Waals surface area contributed by atoms with Crippen molar-refractivity contribution in [2.75, 3.05) is 6.54 Å². The first-order valence-corrected chi connectivity index (χ1v) is 7.71. The highest BCUT2D eigenvalue weighted by molar-refractivity contribution is 5.26. The van der Waals surface area contributed by atoms with Crippen molar-refractivity contribution in [3.05, 3.63) is 35.4 Å². The van der Waals surface area contributed by atoms with Crippen molar-refractivity contribution in [3.8, 4) is 0 Å². The van der Waals surface area contributed by atoms with Gasteiger partial charge in [0.15, 0.2) is 0 Å². The fourth-order valence-electron chi connectivity index (χ4n) is 3.81. The third-order valence-electron chi connectivity index (χ3n) is 4.84. The lowest BCUT2D eigenvalue weighted by molar-refractivity contribution is 0.0858. The first kappa shape index (κ1) is 13.1. The summed E-state index contributed by atoms with van der Waals surface area (Å²) in [5.74, 6) is 0.707. The maximum Gasteiger partial charge on any atom is 0.0623 e. The van der Waals surface area contributed by atoms with Crippen molar-refractivity contribution in [1.29, 1.82) is 0 Å². The van der Waals surface area contributed by atoms with Crippen molar-refractivity contribution >= 4 is 0 Å². The van der Waals surface area contributed by atoms with Gasteiger partial charge in [-0.3, -0.25) is 0 Å². The second-order valence-corrected chi connectivity index (χ2v) is 6.07. The van der Waals surface area contributed by atoms with Gasteiger partial charge in [0.1, 0.15) is 0 Å². The van der Waals surface area contributed by atoms with E-state index >= 15 is 0 Å². The number of fused-ring (bicyclic) bond motifs is 2. The predicted molar refractivity (Wildman–Crippen MR) is 78.3 cm³/mol. The third-order valence-corrected chi connectivity index (χ3v) is 4.84. The van der Waals surface area contributed by atoms with E-state index in [1.54, 1.807) is 0 Å². The quantitative estimate of drug-likeness (QED) is 0.877. The van der Waals surface area contributed by atoms with Crippen molar-refractivity contribution in [2.24, 2.45) is 5.92 Å². The molecule has 0 amide bonds. The van der Waals surface area contributed by atoms with Gasteiger partial charge in [-0.1, -0.05) is 31.2 Å². The highest BCUT2D eigenvalue weighted by Crippen LogP contribution is 2.41. The Morgan fingerprint density at radius 1 is 1.32 bits per heavy atom. The number of hydrogen-bond acceptors (Lipinski definition) is 2. The van der Waals surface area contributed by atoms with Gasteiger partial charge in [0.05, 0.1) is 12.2 Å². The fourth-order valence-corrected chi connectivity index (χ4v) is 3.81. The molecule has 2 aliphatic heterocycles. The van der Waals surface area contributed by atoms with Gasteiger partial charge in [0.2, 0.25) is 0 Å². The average molecular weight is 259 g/mol. The smallest absolute Gasteiger partial charge is 0.0623 e. The Labute approximate surface area is 116 Å². The summed E-state index contributed by atoms with van der Waals surface area (Å²) >= 11 is 0. The molecule has 2 saturated heterocycles. The minimum Gasteiger partial charge on any atom is -0.375 e. The summed E-state index contributed by atoms with van der Waals surface area (Å²) in [6.07, 6.45) is 6.01. The number of rotatable bonds is 5. The monoisotopic (exact) mass is 259 g/mol. The van der Waals surface area contributed by atoms with Gasteiger partial charge < -0.3 is 10.1 Å². The van der Waals surface area contributed by atoms with Gasteiger partial charge >= 0.3 is 0 Å². The predicted octanol–water partition coefficient (Wildman–Crippen LogP) is 3.08. The highest BCUT2D eigenvalue weighted by Gasteiger charge is 2.44. The van der Waals surface area contributed by atoms with Gasteiger partial charge in [0, 0.05) is 12.0 Å². The molecule has 4 atom stereocenters. The normalized spacial score (nSPS) is 30.7. The van der Waals surface area contributed by atoms with Crippen LogP contribution in [0.4, 0.5) is 0 Å². The molecule has 3 rings (SSSR count). The zero-order valence-corrected chi connectivity index (χ0v) is 12.1. The van der Waals surface area contributed by atoms with Gasteiger partial charge in [-0.25, -0.2) is 0 Å². The van der Waals surface area contributed by atoms with E-state index in [1.165, 1.54) is 30.4 Å². The van der Waals surface area contributed by atoms with Crippen LogP contribution in [0.15, 0.2) is 24.3 Å². The maximum absolute atomic E-state index is 6.04. The Morgan fingerprint density at radius 3 is 2.79 bits per heavy atom. The van der Waals surface area contributed by atoms with Crippen LogP contribution in [0.1, 0.15) is 37.3 Å². The second kappa shape index (κ2) is 5.64. The van der Waals surface area contributed by atoms with Crippen molar-refractivity contribution in [2.45, 2.75) is 57.8 Å². The molecule has 2 bridgehead atoms. The van der Waals surface area contributed by atoms with Gasteiger partial charge in [-0.05, 0) is 50.3 Å². The Kier molecular flexibility index (Phi) is 3.90. The third kappa shape index (κ3) is 2.70. The lowest BCUT2D eigenvalue weighted by atomic mass is 9.81. The number of benzene rings is 1. The van der Waals surface area contributed by atoms with E-state index in [-0.39, 0.29) is 0 Å². The summed E-state index contributed by atoms with van der Waals surface area (Å²) in [6, 6.07) is 9.34. The summed E-state index contributed by atoms with van der Waals surface area (Å²) in [5.41, 5.74) is 2.89. The molecule has 4 unspecified atom stereocenters. The summed E-state index contributed by atoms with van der Waals surface area (Å²) in [5, 5.41) is 3.71. The zero-order chi connectivity index (χ0) is 13.2. The van der Waals surface area contributed by atoms with E-state index < -0.39 is 0 Å². The van der Waals surface area contributed by atoms with Crippen LogP contribution in [0, 0.1) is 12.8 Å². The molecule has 0 aliphatic carbocycles. The van der Waals surface area contributed by atoms with Crippen molar-refractivity contribution < 1.29 is 4.74 Å². The molecule has 0 saturated carbocycles. The Balaban J connectivity index is 1.73. The molecule has 2 aliphatic rings. The number of nitrogens with one attached hydrogen (secondary N) is 1. The van der Waals surface area contributed by atoms with Crippen LogP contribution >= 0.6 is 0 Å². The van der Waals surface area contributed by atoms with E-state index in [2.05, 4.69) is 43.4 Å². The molecule has 2 fully saturated rings. The first-order chi connectivity index (χ1) is 9.28. The minimum atomic E-state index is 0.512. The Morgan fingerprint density at radius 2 is 2.16 bits per heavy atom. The first-order valence-electron chi connectivity index (χ1n) is 7.71. The van der Waals surface area contributed by atoms with Crippen molar-refractivity contribution in [3.63, 3.8) is 0 Å². The fraction of sp³-hybridized carbons (Fsp3) is 0.647. The molecule has 0 radical (unpaired) electrons. The number of likely N-dealkylation sites (N-methyl/N-ethyl adjacent to an activating group) is 1. The average Bonchev–Trinajstić information content (AvgIpc) is 3.03. The molecule has 104 valence electrons. The maximum atomic E-state index is 6.04. The minimum absolute atomic E-state index is 0.512. The molecule has 0 spiro atoms. The van der Waals surface area contributed by atoms with Crippen LogP contribution in [0.3, 0.4) is 0 Å². The van der Waals surface area contributed by atoms with E-state index in [0.29, 0.717) is 24.2 Å². The zero-order valence-electron chi connectivity index (χ0n) is 12.1. The van der Waals surface area contributed by atoms with Gasteiger partial charge in [0.25, 0.3) is 0 Å². The standard InChI is InChI=1S/C17H25NO/c1-3-18-16(10-13-7-5-4-6-12(13)2)15-11-14-8-9-17(15)19-14/h4-7,14-18H,3,8-11H2,1-2H3. The van der Waals surface area contributed by atoms with Crippen LogP contribution in [0.5, 0.6) is 0 Å². The number of aryl methyl sites for hydroxylation is 1. The summed E-state index contributed by atoms with van der Waals surface area (Å²) in [7, 11) is 0. The Bertz CT molecular complexity index is 431. The van der Waals surface area contributed by atoms with Crippen LogP contribution in [-0.2, 0) is 11.2 Å². The SMILES string of the molecule is CCNC(Cc1ccccc1C)C1CC2CCC1O2. The molecule has 2 heterocycles. The van der Waals surface area contributed by atoms with Crippen LogP contribution in [0.2, 0.25) is 0 Å². The number of hydrogen-bond donors (Lipinski definition) is 1. The van der Waals surface area contributed by atoms with E-state index in [9.17, 15) is 0 Å².